The Kier molecular flexibility index (Phi) is 7.48. The van der Waals surface area contributed by atoms with Crippen molar-refractivity contribution in [1.29, 1.82) is 0 Å². The van der Waals surface area contributed by atoms with Crippen LogP contribution >= 0.6 is 12.4 Å². The summed E-state index contributed by atoms with van der Waals surface area (Å²) in [5, 5.41) is 10.9. The molecule has 2 saturated heterocycles. The van der Waals surface area contributed by atoms with Crippen LogP contribution in [0.4, 0.5) is 0 Å². The van der Waals surface area contributed by atoms with E-state index >= 15 is 0 Å². The lowest BCUT2D eigenvalue weighted by Gasteiger charge is -2.32. The Hall–Kier alpha value is -1.89. The van der Waals surface area contributed by atoms with E-state index in [2.05, 4.69) is 39.0 Å². The molecule has 2 unspecified atom stereocenters. The molecule has 7 heteroatoms. The normalized spacial score (nSPS) is 22.6. The van der Waals surface area contributed by atoms with Crippen molar-refractivity contribution in [2.45, 2.75) is 38.3 Å². The van der Waals surface area contributed by atoms with Crippen LogP contribution in [0.3, 0.4) is 0 Å². The highest BCUT2D eigenvalue weighted by Gasteiger charge is 2.24. The Morgan fingerprint density at radius 1 is 1.21 bits per heavy atom. The number of benzene rings is 1. The topological polar surface area (TPSA) is 62.2 Å². The number of hydrogen-bond acceptors (Lipinski definition) is 4. The number of nitrogens with one attached hydrogen (secondary N) is 2. The van der Waals surface area contributed by atoms with Crippen molar-refractivity contribution in [1.82, 2.24) is 25.3 Å². The molecule has 2 aromatic rings. The zero-order valence-electron chi connectivity index (χ0n) is 16.2. The van der Waals surface area contributed by atoms with Gasteiger partial charge in [0.1, 0.15) is 0 Å². The van der Waals surface area contributed by atoms with Gasteiger partial charge in [-0.2, -0.15) is 5.10 Å². The quantitative estimate of drug-likeness (QED) is 0.777. The Bertz CT molecular complexity index is 744. The molecule has 0 bridgehead atoms. The van der Waals surface area contributed by atoms with Gasteiger partial charge in [0.15, 0.2) is 0 Å². The van der Waals surface area contributed by atoms with Gasteiger partial charge in [-0.1, -0.05) is 18.2 Å². The van der Waals surface area contributed by atoms with Crippen LogP contribution in [-0.2, 0) is 11.3 Å². The van der Waals surface area contributed by atoms with Gasteiger partial charge >= 0.3 is 0 Å². The van der Waals surface area contributed by atoms with Crippen LogP contribution in [-0.4, -0.2) is 52.8 Å². The van der Waals surface area contributed by atoms with Crippen molar-refractivity contribution in [2.24, 2.45) is 5.92 Å². The second-order valence-corrected chi connectivity index (χ2v) is 7.77. The minimum Gasteiger partial charge on any atom is -0.354 e. The average molecular weight is 404 g/mol. The molecule has 2 N–H and O–H groups in total. The first-order valence-corrected chi connectivity index (χ1v) is 10.1. The molecule has 2 fully saturated rings. The molecule has 0 saturated carbocycles. The van der Waals surface area contributed by atoms with E-state index in [-0.39, 0.29) is 24.4 Å². The highest BCUT2D eigenvalue weighted by atomic mass is 35.5. The summed E-state index contributed by atoms with van der Waals surface area (Å²) in [5.74, 6) is 0.710. The SMILES string of the molecule is Cl.O=C(NCC1CCCN(Cc2cnn(-c3ccccc3)c2)C1)C1CCCN1. The number of halogens is 1. The molecule has 152 valence electrons. The van der Waals surface area contributed by atoms with Crippen LogP contribution in [0.1, 0.15) is 31.2 Å². The summed E-state index contributed by atoms with van der Waals surface area (Å²) < 4.78 is 1.94. The fraction of sp³-hybridized carbons (Fsp3) is 0.524. The molecule has 2 aliphatic rings. The number of carbonyl (C=O) groups excluding carboxylic acids is 1. The molecule has 3 heterocycles. The maximum Gasteiger partial charge on any atom is 0.237 e. The molecule has 0 aliphatic carbocycles. The minimum atomic E-state index is 0. The van der Waals surface area contributed by atoms with Crippen LogP contribution in [0, 0.1) is 5.92 Å². The minimum absolute atomic E-state index is 0. The van der Waals surface area contributed by atoms with Gasteiger partial charge in [-0.3, -0.25) is 9.69 Å². The van der Waals surface area contributed by atoms with E-state index in [4.69, 9.17) is 0 Å². The molecule has 2 atom stereocenters. The smallest absolute Gasteiger partial charge is 0.237 e. The second kappa shape index (κ2) is 10.0. The highest BCUT2D eigenvalue weighted by molar-refractivity contribution is 5.85. The molecule has 28 heavy (non-hydrogen) atoms. The van der Waals surface area contributed by atoms with Crippen LogP contribution in [0.5, 0.6) is 0 Å². The summed E-state index contributed by atoms with van der Waals surface area (Å²) in [4.78, 5) is 14.7. The Balaban J connectivity index is 0.00000225. The Labute approximate surface area is 173 Å². The maximum atomic E-state index is 12.2. The summed E-state index contributed by atoms with van der Waals surface area (Å²) in [7, 11) is 0. The van der Waals surface area contributed by atoms with Crippen molar-refractivity contribution < 1.29 is 4.79 Å². The first kappa shape index (κ1) is 20.8. The number of amides is 1. The maximum absolute atomic E-state index is 12.2. The number of rotatable bonds is 6. The van der Waals surface area contributed by atoms with Crippen molar-refractivity contribution in [3.05, 3.63) is 48.3 Å². The van der Waals surface area contributed by atoms with Crippen LogP contribution < -0.4 is 10.6 Å². The number of carbonyl (C=O) groups is 1. The van der Waals surface area contributed by atoms with E-state index in [0.29, 0.717) is 5.92 Å². The third-order valence-electron chi connectivity index (χ3n) is 5.61. The lowest BCUT2D eigenvalue weighted by Crippen LogP contribution is -2.45. The summed E-state index contributed by atoms with van der Waals surface area (Å²) in [6, 6.07) is 10.2. The second-order valence-electron chi connectivity index (χ2n) is 7.77. The van der Waals surface area contributed by atoms with Gasteiger partial charge < -0.3 is 10.6 Å². The van der Waals surface area contributed by atoms with Crippen molar-refractivity contribution in [2.75, 3.05) is 26.2 Å². The third kappa shape index (κ3) is 5.34. The lowest BCUT2D eigenvalue weighted by molar-refractivity contribution is -0.123. The third-order valence-corrected chi connectivity index (χ3v) is 5.61. The van der Waals surface area contributed by atoms with Gasteiger partial charge in [0.25, 0.3) is 0 Å². The molecule has 2 aliphatic heterocycles. The molecule has 4 rings (SSSR count). The lowest BCUT2D eigenvalue weighted by atomic mass is 9.97. The summed E-state index contributed by atoms with van der Waals surface area (Å²) in [6.45, 7) is 4.82. The molecule has 0 spiro atoms. The van der Waals surface area contributed by atoms with Gasteiger partial charge in [0.05, 0.1) is 17.9 Å². The standard InChI is InChI=1S/C21H29N5O.ClH/c27-21(20-9-4-10-22-20)23-12-17-6-5-11-25(14-17)15-18-13-24-26(16-18)19-7-2-1-3-8-19;/h1-3,7-8,13,16-17,20,22H,4-6,9-12,14-15H2,(H,23,27);1H. The monoisotopic (exact) mass is 403 g/mol. The Morgan fingerprint density at radius 3 is 2.86 bits per heavy atom. The summed E-state index contributed by atoms with van der Waals surface area (Å²) >= 11 is 0. The number of likely N-dealkylation sites (tertiary alicyclic amines) is 1. The molecule has 1 amide bonds. The number of aromatic nitrogens is 2. The van der Waals surface area contributed by atoms with E-state index in [0.717, 1.165) is 51.3 Å². The van der Waals surface area contributed by atoms with E-state index in [1.54, 1.807) is 0 Å². The highest BCUT2D eigenvalue weighted by Crippen LogP contribution is 2.19. The van der Waals surface area contributed by atoms with E-state index in [1.807, 2.05) is 29.1 Å². The molecule has 1 aromatic carbocycles. The molecule has 6 nitrogen and oxygen atoms in total. The molecular weight excluding hydrogens is 374 g/mol. The van der Waals surface area contributed by atoms with Crippen LogP contribution in [0.2, 0.25) is 0 Å². The van der Waals surface area contributed by atoms with Gasteiger partial charge in [-0.25, -0.2) is 4.68 Å². The largest absolute Gasteiger partial charge is 0.354 e. The van der Waals surface area contributed by atoms with E-state index < -0.39 is 0 Å². The Morgan fingerprint density at radius 2 is 2.07 bits per heavy atom. The zero-order chi connectivity index (χ0) is 18.5. The van der Waals surface area contributed by atoms with Crippen molar-refractivity contribution in [3.8, 4) is 5.69 Å². The number of hydrogen-bond donors (Lipinski definition) is 2. The summed E-state index contributed by atoms with van der Waals surface area (Å²) in [6.07, 6.45) is 8.53. The zero-order valence-corrected chi connectivity index (χ0v) is 17.0. The predicted octanol–water partition coefficient (Wildman–Crippen LogP) is 2.37. The first-order valence-electron chi connectivity index (χ1n) is 10.1. The summed E-state index contributed by atoms with van der Waals surface area (Å²) in [5.41, 5.74) is 2.32. The van der Waals surface area contributed by atoms with E-state index in [1.165, 1.54) is 18.4 Å². The van der Waals surface area contributed by atoms with Crippen molar-refractivity contribution >= 4 is 18.3 Å². The van der Waals surface area contributed by atoms with Gasteiger partial charge in [-0.05, 0) is 56.8 Å². The fourth-order valence-electron chi connectivity index (χ4n) is 4.16. The number of para-hydroxylation sites is 1. The predicted molar refractivity (Wildman–Crippen MR) is 113 cm³/mol. The van der Waals surface area contributed by atoms with E-state index in [9.17, 15) is 4.79 Å². The van der Waals surface area contributed by atoms with Gasteiger partial charge in [-0.15, -0.1) is 12.4 Å². The van der Waals surface area contributed by atoms with Gasteiger partial charge in [0, 0.05) is 31.4 Å². The fourth-order valence-corrected chi connectivity index (χ4v) is 4.16. The molecule has 1 aromatic heterocycles. The van der Waals surface area contributed by atoms with Crippen molar-refractivity contribution in [3.63, 3.8) is 0 Å². The van der Waals surface area contributed by atoms with Gasteiger partial charge in [0.2, 0.25) is 5.91 Å². The van der Waals surface area contributed by atoms with Crippen LogP contribution in [0.15, 0.2) is 42.7 Å². The molecule has 0 radical (unpaired) electrons. The number of nitrogens with zero attached hydrogens (tertiary/aromatic N) is 3. The molecular formula is C21H30ClN5O. The number of piperidine rings is 1. The average Bonchev–Trinajstić information content (AvgIpc) is 3.39. The first-order chi connectivity index (χ1) is 13.3. The van der Waals surface area contributed by atoms with Crippen LogP contribution in [0.25, 0.3) is 5.69 Å².